The number of rotatable bonds is 5. The number of nitrogen functional groups attached to an aromatic ring is 1. The minimum absolute atomic E-state index is 0.123. The Bertz CT molecular complexity index is 528. The molecule has 1 aliphatic carbocycles. The zero-order valence-electron chi connectivity index (χ0n) is 11.5. The number of ether oxygens (including phenoxy) is 1. The van der Waals surface area contributed by atoms with Crippen molar-refractivity contribution in [3.63, 3.8) is 0 Å². The van der Waals surface area contributed by atoms with Crippen LogP contribution in [0.2, 0.25) is 0 Å². The van der Waals surface area contributed by atoms with E-state index < -0.39 is 12.0 Å². The molecular formula is C13H18N4O3. The molecule has 1 fully saturated rings. The Labute approximate surface area is 116 Å². The van der Waals surface area contributed by atoms with Gasteiger partial charge in [0.2, 0.25) is 5.91 Å². The summed E-state index contributed by atoms with van der Waals surface area (Å²) in [5, 5.41) is 5.78. The number of carbonyl (C=O) groups is 2. The summed E-state index contributed by atoms with van der Waals surface area (Å²) in [6, 6.07) is 1.24. The molecule has 1 amide bonds. The number of nitrogens with one attached hydrogen (secondary N) is 2. The normalized spacial score (nSPS) is 15.3. The van der Waals surface area contributed by atoms with Crippen molar-refractivity contribution in [2.75, 3.05) is 18.2 Å². The van der Waals surface area contributed by atoms with Crippen LogP contribution in [0.5, 0.6) is 0 Å². The van der Waals surface area contributed by atoms with E-state index in [4.69, 9.17) is 5.73 Å². The first-order valence-electron chi connectivity index (χ1n) is 6.42. The molecule has 1 heterocycles. The van der Waals surface area contributed by atoms with Crippen molar-refractivity contribution < 1.29 is 14.3 Å². The van der Waals surface area contributed by atoms with Crippen LogP contribution in [0, 0.1) is 0 Å². The van der Waals surface area contributed by atoms with Gasteiger partial charge in [-0.05, 0) is 25.8 Å². The predicted molar refractivity (Wildman–Crippen MR) is 74.2 cm³/mol. The predicted octanol–water partition coefficient (Wildman–Crippen LogP) is 0.529. The van der Waals surface area contributed by atoms with E-state index in [1.165, 1.54) is 19.4 Å². The Morgan fingerprint density at radius 1 is 1.50 bits per heavy atom. The van der Waals surface area contributed by atoms with Crippen molar-refractivity contribution in [2.24, 2.45) is 0 Å². The highest BCUT2D eigenvalue weighted by Gasteiger charge is 2.26. The van der Waals surface area contributed by atoms with Gasteiger partial charge in [0.1, 0.15) is 17.4 Å². The van der Waals surface area contributed by atoms with Crippen LogP contribution in [0.3, 0.4) is 0 Å². The molecule has 0 aromatic carbocycles. The Kier molecular flexibility index (Phi) is 4.07. The van der Waals surface area contributed by atoms with E-state index in [1.807, 2.05) is 0 Å². The molecular weight excluding hydrogens is 260 g/mol. The molecule has 1 aliphatic rings. The molecule has 1 aromatic rings. The second-order valence-electron chi connectivity index (χ2n) is 4.81. The molecule has 0 aliphatic heterocycles. The van der Waals surface area contributed by atoms with Gasteiger partial charge >= 0.3 is 5.97 Å². The van der Waals surface area contributed by atoms with E-state index >= 15 is 0 Å². The number of methoxy groups -OCH3 is 1. The van der Waals surface area contributed by atoms with Crippen molar-refractivity contribution in [3.8, 4) is 0 Å². The first-order valence-corrected chi connectivity index (χ1v) is 6.42. The number of amides is 1. The summed E-state index contributed by atoms with van der Waals surface area (Å²) < 4.78 is 4.67. The number of esters is 1. The number of hydrogen-bond donors (Lipinski definition) is 3. The quantitative estimate of drug-likeness (QED) is 0.678. The van der Waals surface area contributed by atoms with E-state index in [0.717, 1.165) is 12.8 Å². The van der Waals surface area contributed by atoms with E-state index in [0.29, 0.717) is 5.69 Å². The van der Waals surface area contributed by atoms with Gasteiger partial charge in [-0.2, -0.15) is 0 Å². The third-order valence-corrected chi connectivity index (χ3v) is 2.98. The van der Waals surface area contributed by atoms with E-state index in [2.05, 4.69) is 20.4 Å². The summed E-state index contributed by atoms with van der Waals surface area (Å²) in [6.45, 7) is 1.71. The highest BCUT2D eigenvalue weighted by molar-refractivity contribution is 5.96. The van der Waals surface area contributed by atoms with E-state index in [1.54, 1.807) is 6.92 Å². The maximum atomic E-state index is 11.9. The lowest BCUT2D eigenvalue weighted by atomic mass is 10.2. The van der Waals surface area contributed by atoms with Crippen molar-refractivity contribution in [2.45, 2.75) is 31.8 Å². The Hall–Kier alpha value is -2.31. The molecule has 0 radical (unpaired) electrons. The molecule has 7 heteroatoms. The summed E-state index contributed by atoms with van der Waals surface area (Å²) in [5.74, 6) is -0.395. The van der Waals surface area contributed by atoms with Crippen LogP contribution in [0.15, 0.2) is 12.3 Å². The number of anilines is 2. The summed E-state index contributed by atoms with van der Waals surface area (Å²) >= 11 is 0. The van der Waals surface area contributed by atoms with Gasteiger partial charge < -0.3 is 21.1 Å². The van der Waals surface area contributed by atoms with Crippen molar-refractivity contribution in [3.05, 3.63) is 17.8 Å². The third-order valence-electron chi connectivity index (χ3n) is 2.98. The zero-order chi connectivity index (χ0) is 14.7. The molecule has 4 N–H and O–H groups in total. The molecule has 1 unspecified atom stereocenters. The Morgan fingerprint density at radius 3 is 2.80 bits per heavy atom. The van der Waals surface area contributed by atoms with Gasteiger partial charge in [-0.1, -0.05) is 0 Å². The topological polar surface area (TPSA) is 106 Å². The summed E-state index contributed by atoms with van der Waals surface area (Å²) in [5.41, 5.74) is 6.17. The molecule has 1 aromatic heterocycles. The highest BCUT2D eigenvalue weighted by atomic mass is 16.5. The number of aromatic nitrogens is 1. The van der Waals surface area contributed by atoms with Gasteiger partial charge in [-0.15, -0.1) is 0 Å². The molecule has 0 bridgehead atoms. The number of carbonyl (C=O) groups excluding carboxylic acids is 2. The summed E-state index contributed by atoms with van der Waals surface area (Å²) in [7, 11) is 1.28. The lowest BCUT2D eigenvalue weighted by Crippen LogP contribution is -2.39. The third kappa shape index (κ3) is 3.37. The van der Waals surface area contributed by atoms with Crippen LogP contribution in [0.4, 0.5) is 11.5 Å². The monoisotopic (exact) mass is 278 g/mol. The maximum absolute atomic E-state index is 11.9. The average Bonchev–Trinajstić information content (AvgIpc) is 3.23. The van der Waals surface area contributed by atoms with Crippen LogP contribution in [-0.2, 0) is 9.53 Å². The van der Waals surface area contributed by atoms with Gasteiger partial charge in [0.25, 0.3) is 0 Å². The number of nitrogens with zero attached hydrogens (tertiary/aromatic N) is 1. The van der Waals surface area contributed by atoms with Crippen molar-refractivity contribution in [1.82, 2.24) is 10.3 Å². The fraction of sp³-hybridized carbons (Fsp3) is 0.462. The number of pyridine rings is 1. The zero-order valence-corrected chi connectivity index (χ0v) is 11.5. The van der Waals surface area contributed by atoms with Gasteiger partial charge in [-0.3, -0.25) is 4.79 Å². The second-order valence-corrected chi connectivity index (χ2v) is 4.81. The van der Waals surface area contributed by atoms with Crippen LogP contribution in [0.25, 0.3) is 0 Å². The van der Waals surface area contributed by atoms with Crippen LogP contribution in [-0.4, -0.2) is 36.1 Å². The van der Waals surface area contributed by atoms with Crippen molar-refractivity contribution in [1.29, 1.82) is 0 Å². The molecule has 7 nitrogen and oxygen atoms in total. The molecule has 108 valence electrons. The molecule has 20 heavy (non-hydrogen) atoms. The van der Waals surface area contributed by atoms with Gasteiger partial charge in [-0.25, -0.2) is 9.78 Å². The average molecular weight is 278 g/mol. The second kappa shape index (κ2) is 5.77. The van der Waals surface area contributed by atoms with E-state index in [-0.39, 0.29) is 23.3 Å². The standard InChI is InChI=1S/C13H18N4O3/c1-7(12(18)17-9-3-4-9)16-11-10(13(19)20-2)5-8(14)6-15-11/h5-7,9H,3-4,14H2,1-2H3,(H,15,16)(H,17,18). The fourth-order valence-electron chi connectivity index (χ4n) is 1.69. The number of hydrogen-bond acceptors (Lipinski definition) is 6. The first-order chi connectivity index (χ1) is 9.51. The molecule has 0 spiro atoms. The lowest BCUT2D eigenvalue weighted by molar-refractivity contribution is -0.121. The largest absolute Gasteiger partial charge is 0.465 e. The number of nitrogens with two attached hydrogens (primary N) is 1. The smallest absolute Gasteiger partial charge is 0.341 e. The lowest BCUT2D eigenvalue weighted by Gasteiger charge is -2.16. The molecule has 1 atom stereocenters. The minimum atomic E-state index is -0.554. The first kappa shape index (κ1) is 14.1. The summed E-state index contributed by atoms with van der Waals surface area (Å²) in [6.07, 6.45) is 3.46. The molecule has 0 saturated heterocycles. The minimum Gasteiger partial charge on any atom is -0.465 e. The van der Waals surface area contributed by atoms with E-state index in [9.17, 15) is 9.59 Å². The van der Waals surface area contributed by atoms with Gasteiger partial charge in [0.05, 0.1) is 19.0 Å². The maximum Gasteiger partial charge on any atom is 0.341 e. The van der Waals surface area contributed by atoms with Crippen LogP contribution >= 0.6 is 0 Å². The van der Waals surface area contributed by atoms with Crippen molar-refractivity contribution >= 4 is 23.4 Å². The summed E-state index contributed by atoms with van der Waals surface area (Å²) in [4.78, 5) is 27.6. The van der Waals surface area contributed by atoms with Gasteiger partial charge in [0.15, 0.2) is 0 Å². The highest BCUT2D eigenvalue weighted by Crippen LogP contribution is 2.20. The Morgan fingerprint density at radius 2 is 2.20 bits per heavy atom. The van der Waals surface area contributed by atoms with Crippen LogP contribution < -0.4 is 16.4 Å². The SMILES string of the molecule is COC(=O)c1cc(N)cnc1NC(C)C(=O)NC1CC1. The Balaban J connectivity index is 2.10. The molecule has 1 saturated carbocycles. The van der Waals surface area contributed by atoms with Crippen LogP contribution in [0.1, 0.15) is 30.1 Å². The fourth-order valence-corrected chi connectivity index (χ4v) is 1.69. The molecule has 2 rings (SSSR count). The van der Waals surface area contributed by atoms with Gasteiger partial charge in [0, 0.05) is 6.04 Å².